The molecule has 3 nitrogen and oxygen atoms in total. The Kier molecular flexibility index (Phi) is 158. The summed E-state index contributed by atoms with van der Waals surface area (Å²) >= 11 is 0. The lowest BCUT2D eigenvalue weighted by Gasteiger charge is -1.00. The van der Waals surface area contributed by atoms with Gasteiger partial charge in [0.15, 0.2) is 0 Å². The summed E-state index contributed by atoms with van der Waals surface area (Å²) in [4.78, 5) is 16.0. The number of hydrogen-bond donors (Lipinski definition) is 0. The van der Waals surface area contributed by atoms with Crippen LogP contribution < -0.4 is 9.74 Å². The molecule has 0 aromatic carbocycles. The Labute approximate surface area is 20.9 Å². The third-order valence-corrected chi connectivity index (χ3v) is 0. The van der Waals surface area contributed by atoms with Crippen LogP contribution in [-0.2, 0) is 0 Å². The van der Waals surface area contributed by atoms with Crippen molar-refractivity contribution in [1.29, 1.82) is 0 Å². The van der Waals surface area contributed by atoms with Gasteiger partial charge in [0, 0.05) is 0 Å². The molecule has 0 aromatic heterocycles. The van der Waals surface area contributed by atoms with Crippen molar-refractivity contribution in [2.75, 3.05) is 0 Å². The molecule has 0 unspecified atom stereocenters. The molecule has 0 fully saturated rings. The van der Waals surface area contributed by atoms with Crippen molar-refractivity contribution in [3.63, 3.8) is 0 Å². The number of nitroso groups, excluding NO2 is 2. The molecule has 0 aliphatic heterocycles. The van der Waals surface area contributed by atoms with Gasteiger partial charge in [0.25, 0.3) is 0 Å². The maximum absolute atomic E-state index is 8.00. The van der Waals surface area contributed by atoms with Crippen LogP contribution in [0.4, 0.5) is 0 Å². The van der Waals surface area contributed by atoms with E-state index in [1.165, 1.54) is 0 Å². The van der Waals surface area contributed by atoms with Crippen LogP contribution in [0, 0.1) is 9.81 Å². The lowest BCUT2D eigenvalue weighted by molar-refractivity contribution is -0.000000777. The second-order valence-electron chi connectivity index (χ2n) is 0.0745. The highest BCUT2D eigenvalue weighted by Crippen LogP contribution is 0.810. The van der Waals surface area contributed by atoms with E-state index in [2.05, 4.69) is 0 Å². The van der Waals surface area contributed by atoms with Crippen molar-refractivity contribution in [3.8, 4) is 0 Å². The molecular formula is FNO2. The van der Waals surface area contributed by atoms with Crippen LogP contribution in [0.3, 0.4) is 0 Å². The largest absolute Gasteiger partial charge is 1.00 e. The van der Waals surface area contributed by atoms with E-state index in [1.54, 1.807) is 0 Å². The first-order chi connectivity index (χ1) is 1.41. The third-order valence-electron chi connectivity index (χ3n) is 0. The zero-order chi connectivity index (χ0) is 2.71. The highest BCUT2D eigenvalue weighted by molar-refractivity contribution is 3.93. The summed E-state index contributed by atoms with van der Waals surface area (Å²) in [6.07, 6.45) is 0. The summed E-state index contributed by atoms with van der Waals surface area (Å²) in [5.74, 6) is 0. The van der Waals surface area contributed by atoms with Gasteiger partial charge >= 0.3 is 5.04 Å². The molecule has 24 valence electrons. The van der Waals surface area contributed by atoms with Crippen LogP contribution >= 0.6 is 0 Å². The van der Waals surface area contributed by atoms with Crippen molar-refractivity contribution in [3.05, 3.63) is 9.81 Å². The quantitative estimate of drug-likeness (QED) is 0.276. The first-order valence-corrected chi connectivity index (χ1v) is 0.365. The minimum absolute atomic E-state index is 0. The number of rotatable bonds is 0. The average molecular weight is 65.0 g/mol. The van der Waals surface area contributed by atoms with Gasteiger partial charge in [-0.2, -0.15) is 0 Å². The fourth-order valence-electron chi connectivity index (χ4n) is 0. The zero-order valence-electron chi connectivity index (χ0n) is 1.64. The molecule has 0 spiro atoms. The fraction of sp³-hybridized carbons (Fsp3) is 0. The van der Waals surface area contributed by atoms with Gasteiger partial charge in [0.2, 0.25) is 9.81 Å². The molecule has 0 saturated heterocycles. The van der Waals surface area contributed by atoms with E-state index in [9.17, 15) is 0 Å². The summed E-state index contributed by atoms with van der Waals surface area (Å²) in [6.45, 7) is 0. The second-order valence-corrected chi connectivity index (χ2v) is 0.0745. The SMILES string of the molecule is O=[N+]=O.[F-]. The predicted octanol–water partition coefficient (Wildman–Crippen LogP) is -3.41. The van der Waals surface area contributed by atoms with Crippen LogP contribution in [-0.4, -0.2) is 0 Å². The van der Waals surface area contributed by atoms with E-state index in [0.29, 0.717) is 0 Å². The lowest BCUT2D eigenvalue weighted by Crippen LogP contribution is -3.00. The lowest BCUT2D eigenvalue weighted by atomic mass is 13.6. The van der Waals surface area contributed by atoms with Gasteiger partial charge in [-0.05, 0) is 0 Å². The maximum Gasteiger partial charge on any atom is 0.569 e. The Morgan fingerprint density at radius 1 is 1.25 bits per heavy atom. The molecule has 0 radical (unpaired) electrons. The van der Waals surface area contributed by atoms with E-state index in [-0.39, 0.29) is 4.70 Å². The molecule has 4 heteroatoms. The molecule has 0 saturated carbocycles. The average Bonchev–Trinajstić information content (AvgIpc) is 0.918. The third kappa shape index (κ3) is 0.124. The van der Waals surface area contributed by atoms with Crippen LogP contribution in [0.15, 0.2) is 0 Å². The van der Waals surface area contributed by atoms with E-state index < -0.39 is 0 Å². The standard InChI is InChI=1S/FH.NO2/c;2-1-3/h1H;/q;+1/p-1. The molecule has 0 heterocycles. The summed E-state index contributed by atoms with van der Waals surface area (Å²) in [7, 11) is 0. The zero-order valence-corrected chi connectivity index (χ0v) is 1.64. The molecule has 0 amide bonds. The summed E-state index contributed by atoms with van der Waals surface area (Å²) < 4.78 is 0. The molecule has 0 atom stereocenters. The number of nitrogens with zero attached hydrogens (tertiary/aromatic N) is 1. The molecule has 0 aromatic rings. The minimum atomic E-state index is 0. The molecule has 0 bridgehead atoms. The molecular weight excluding hydrogens is 65.0 g/mol. The van der Waals surface area contributed by atoms with E-state index in [0.717, 1.165) is 5.04 Å². The number of halogens is 1. The Morgan fingerprint density at radius 2 is 1.25 bits per heavy atom. The summed E-state index contributed by atoms with van der Waals surface area (Å²) in [5.41, 5.74) is 0. The first-order valence-electron chi connectivity index (χ1n) is 0.365. The van der Waals surface area contributed by atoms with E-state index in [4.69, 9.17) is 9.81 Å². The monoisotopic (exact) mass is 65.0 g/mol. The second kappa shape index (κ2) is 59.8. The van der Waals surface area contributed by atoms with Crippen molar-refractivity contribution in [1.82, 2.24) is 5.04 Å². The molecule has 0 N–H and O–H groups in total. The van der Waals surface area contributed by atoms with Crippen LogP contribution in [0.2, 0.25) is 0 Å². The van der Waals surface area contributed by atoms with Gasteiger partial charge in [0.1, 0.15) is 0 Å². The predicted molar refractivity (Wildman–Crippen MR) is 8.87 cm³/mol. The fourth-order valence-corrected chi connectivity index (χ4v) is 0. The Balaban J connectivity index is 0. The molecule has 4 heavy (non-hydrogen) atoms. The van der Waals surface area contributed by atoms with Crippen molar-refractivity contribution in [2.24, 2.45) is 0 Å². The molecule has 0 aliphatic carbocycles. The summed E-state index contributed by atoms with van der Waals surface area (Å²) in [5, 5.41) is 1.00. The van der Waals surface area contributed by atoms with Crippen molar-refractivity contribution in [2.45, 2.75) is 0 Å². The Bertz CT molecular complexity index is 27.0. The van der Waals surface area contributed by atoms with E-state index in [1.807, 2.05) is 0 Å². The van der Waals surface area contributed by atoms with E-state index >= 15 is 0 Å². The highest BCUT2D eigenvalue weighted by atomic mass is 19.0. The van der Waals surface area contributed by atoms with Gasteiger partial charge in [-0.25, -0.2) is 0 Å². The summed E-state index contributed by atoms with van der Waals surface area (Å²) in [6, 6.07) is 0. The maximum atomic E-state index is 8.00. The topological polar surface area (TPSA) is 48.2 Å². The van der Waals surface area contributed by atoms with Crippen molar-refractivity contribution >= 4 is 0 Å². The van der Waals surface area contributed by atoms with Gasteiger partial charge in [-0.15, -0.1) is 0 Å². The van der Waals surface area contributed by atoms with Gasteiger partial charge in [-0.3, -0.25) is 0 Å². The van der Waals surface area contributed by atoms with Crippen molar-refractivity contribution < 1.29 is 4.70 Å². The van der Waals surface area contributed by atoms with Crippen LogP contribution in [0.25, 0.3) is 0 Å². The van der Waals surface area contributed by atoms with Crippen LogP contribution in [0.1, 0.15) is 0 Å². The Hall–Kier alpha value is -0.760. The van der Waals surface area contributed by atoms with Gasteiger partial charge in [0.05, 0.1) is 0 Å². The van der Waals surface area contributed by atoms with Gasteiger partial charge in [-0.1, -0.05) is 0 Å². The minimum Gasteiger partial charge on any atom is -1.00 e. The molecule has 0 rings (SSSR count). The first kappa shape index (κ1) is 10.6. The van der Waals surface area contributed by atoms with Gasteiger partial charge < -0.3 is 4.70 Å². The number of hydrogen-bond acceptors (Lipinski definition) is 2. The normalized spacial score (nSPS) is 2.00. The smallest absolute Gasteiger partial charge is 0.569 e. The molecule has 0 aliphatic rings. The highest BCUT2D eigenvalue weighted by Gasteiger charge is 1.41. The van der Waals surface area contributed by atoms with Crippen LogP contribution in [0.5, 0.6) is 0 Å². The Morgan fingerprint density at radius 3 is 1.25 bits per heavy atom.